The van der Waals surface area contributed by atoms with E-state index < -0.39 is 0 Å². The van der Waals surface area contributed by atoms with Gasteiger partial charge in [0.1, 0.15) is 6.26 Å². The Bertz CT molecular complexity index is 89.7. The van der Waals surface area contributed by atoms with Gasteiger partial charge < -0.3 is 14.8 Å². The number of methoxy groups -OCH3 is 1. The Hall–Kier alpha value is -0.860. The molecule has 0 aromatic heterocycles. The summed E-state index contributed by atoms with van der Waals surface area (Å²) in [5.41, 5.74) is 0. The minimum absolute atomic E-state index is 0.531. The van der Waals surface area contributed by atoms with Crippen molar-refractivity contribution in [1.29, 1.82) is 0 Å². The predicted molar refractivity (Wildman–Crippen MR) is 24.2 cm³/mol. The summed E-state index contributed by atoms with van der Waals surface area (Å²) in [7, 11) is 1.59. The molecule has 1 heterocycles. The predicted octanol–water partition coefficient (Wildman–Crippen LogP) is 0.00900. The summed E-state index contributed by atoms with van der Waals surface area (Å²) in [5.74, 6) is 0.694. The van der Waals surface area contributed by atoms with Crippen molar-refractivity contribution in [2.75, 3.05) is 13.8 Å². The van der Waals surface area contributed by atoms with Gasteiger partial charge in [-0.05, 0) is 0 Å². The molecule has 0 spiro atoms. The standard InChI is InChI=1S/C4H7NO2/c1-6-4-2-7-3-5-4/h2,5H,3H2,1H3. The summed E-state index contributed by atoms with van der Waals surface area (Å²) < 4.78 is 9.49. The largest absolute Gasteiger partial charge is 0.480 e. The number of nitrogens with one attached hydrogen (secondary N) is 1. The van der Waals surface area contributed by atoms with Crippen LogP contribution in [0.15, 0.2) is 12.1 Å². The molecule has 1 rings (SSSR count). The van der Waals surface area contributed by atoms with Crippen LogP contribution in [-0.4, -0.2) is 13.8 Å². The Morgan fingerprint density at radius 2 is 2.86 bits per heavy atom. The van der Waals surface area contributed by atoms with Gasteiger partial charge in [-0.2, -0.15) is 0 Å². The van der Waals surface area contributed by atoms with Crippen LogP contribution in [0.1, 0.15) is 0 Å². The van der Waals surface area contributed by atoms with Gasteiger partial charge in [-0.3, -0.25) is 0 Å². The molecule has 0 aromatic rings. The van der Waals surface area contributed by atoms with Crippen molar-refractivity contribution in [3.8, 4) is 0 Å². The summed E-state index contributed by atoms with van der Waals surface area (Å²) in [4.78, 5) is 0. The van der Waals surface area contributed by atoms with Crippen LogP contribution < -0.4 is 5.32 Å². The minimum atomic E-state index is 0.531. The highest BCUT2D eigenvalue weighted by Gasteiger charge is 1.99. The van der Waals surface area contributed by atoms with Crippen molar-refractivity contribution in [2.45, 2.75) is 0 Å². The first kappa shape index (κ1) is 4.30. The lowest BCUT2D eigenvalue weighted by Gasteiger charge is -1.94. The van der Waals surface area contributed by atoms with Gasteiger partial charge in [0.25, 0.3) is 0 Å². The molecule has 0 saturated heterocycles. The number of rotatable bonds is 1. The molecule has 0 aliphatic carbocycles. The molecule has 0 aromatic carbocycles. The summed E-state index contributed by atoms with van der Waals surface area (Å²) in [6, 6.07) is 0. The lowest BCUT2D eigenvalue weighted by Crippen LogP contribution is -2.08. The molecule has 1 aliphatic rings. The third-order valence-electron chi connectivity index (χ3n) is 0.740. The molecule has 0 saturated carbocycles. The van der Waals surface area contributed by atoms with Crippen LogP contribution in [0.25, 0.3) is 0 Å². The zero-order chi connectivity index (χ0) is 5.11. The molecular weight excluding hydrogens is 94.0 g/mol. The highest BCUT2D eigenvalue weighted by atomic mass is 16.5. The van der Waals surface area contributed by atoms with Gasteiger partial charge in [0, 0.05) is 0 Å². The van der Waals surface area contributed by atoms with Crippen LogP contribution in [0.5, 0.6) is 0 Å². The van der Waals surface area contributed by atoms with Gasteiger partial charge in [-0.1, -0.05) is 0 Å². The smallest absolute Gasteiger partial charge is 0.225 e. The molecule has 0 atom stereocenters. The fourth-order valence-electron chi connectivity index (χ4n) is 0.392. The van der Waals surface area contributed by atoms with Gasteiger partial charge in [-0.25, -0.2) is 0 Å². The number of ether oxygens (including phenoxy) is 2. The van der Waals surface area contributed by atoms with E-state index in [0.29, 0.717) is 12.6 Å². The monoisotopic (exact) mass is 101 g/mol. The first-order valence-corrected chi connectivity index (χ1v) is 2.03. The minimum Gasteiger partial charge on any atom is -0.480 e. The van der Waals surface area contributed by atoms with Gasteiger partial charge in [0.2, 0.25) is 5.88 Å². The first-order valence-electron chi connectivity index (χ1n) is 2.03. The second-order valence-corrected chi connectivity index (χ2v) is 1.17. The van der Waals surface area contributed by atoms with Gasteiger partial charge in [0.15, 0.2) is 6.73 Å². The van der Waals surface area contributed by atoms with Crippen molar-refractivity contribution in [2.24, 2.45) is 0 Å². The summed E-state index contributed by atoms with van der Waals surface area (Å²) in [6.07, 6.45) is 1.54. The molecule has 0 amide bonds. The van der Waals surface area contributed by atoms with Crippen LogP contribution in [0.4, 0.5) is 0 Å². The number of hydrogen-bond acceptors (Lipinski definition) is 3. The lowest BCUT2D eigenvalue weighted by molar-refractivity contribution is 0.255. The van der Waals surface area contributed by atoms with E-state index in [9.17, 15) is 0 Å². The molecule has 0 radical (unpaired) electrons. The maximum absolute atomic E-state index is 4.75. The van der Waals surface area contributed by atoms with E-state index in [4.69, 9.17) is 9.47 Å². The van der Waals surface area contributed by atoms with Crippen molar-refractivity contribution < 1.29 is 9.47 Å². The fourth-order valence-corrected chi connectivity index (χ4v) is 0.392. The van der Waals surface area contributed by atoms with E-state index in [1.54, 1.807) is 13.4 Å². The van der Waals surface area contributed by atoms with E-state index in [1.807, 2.05) is 0 Å². The third-order valence-corrected chi connectivity index (χ3v) is 0.740. The normalized spacial score (nSPS) is 17.0. The fraction of sp³-hybridized carbons (Fsp3) is 0.500. The Balaban J connectivity index is 2.36. The van der Waals surface area contributed by atoms with E-state index >= 15 is 0 Å². The zero-order valence-electron chi connectivity index (χ0n) is 4.10. The maximum Gasteiger partial charge on any atom is 0.225 e. The summed E-state index contributed by atoms with van der Waals surface area (Å²) in [6.45, 7) is 0.531. The first-order chi connectivity index (χ1) is 3.43. The highest BCUT2D eigenvalue weighted by Crippen LogP contribution is 1.95. The zero-order valence-corrected chi connectivity index (χ0v) is 4.10. The molecule has 0 bridgehead atoms. The molecule has 0 unspecified atom stereocenters. The van der Waals surface area contributed by atoms with Crippen LogP contribution >= 0.6 is 0 Å². The summed E-state index contributed by atoms with van der Waals surface area (Å²) >= 11 is 0. The van der Waals surface area contributed by atoms with Gasteiger partial charge in [0.05, 0.1) is 7.11 Å². The van der Waals surface area contributed by atoms with Crippen molar-refractivity contribution in [3.05, 3.63) is 12.1 Å². The lowest BCUT2D eigenvalue weighted by atomic mass is 10.9. The van der Waals surface area contributed by atoms with Crippen molar-refractivity contribution >= 4 is 0 Å². The average molecular weight is 101 g/mol. The topological polar surface area (TPSA) is 30.5 Å². The Morgan fingerprint density at radius 3 is 3.14 bits per heavy atom. The van der Waals surface area contributed by atoms with Crippen LogP contribution in [0.2, 0.25) is 0 Å². The quantitative estimate of drug-likeness (QED) is 0.504. The molecule has 7 heavy (non-hydrogen) atoms. The molecule has 40 valence electrons. The van der Waals surface area contributed by atoms with E-state index in [2.05, 4.69) is 5.32 Å². The molecular formula is C4H7NO2. The van der Waals surface area contributed by atoms with Crippen LogP contribution in [-0.2, 0) is 9.47 Å². The molecule has 1 aliphatic heterocycles. The average Bonchev–Trinajstić information content (AvgIpc) is 2.14. The van der Waals surface area contributed by atoms with Crippen LogP contribution in [0, 0.1) is 0 Å². The van der Waals surface area contributed by atoms with Crippen LogP contribution in [0.3, 0.4) is 0 Å². The van der Waals surface area contributed by atoms with E-state index in [0.717, 1.165) is 0 Å². The Kier molecular flexibility index (Phi) is 1.06. The van der Waals surface area contributed by atoms with Gasteiger partial charge in [-0.15, -0.1) is 0 Å². The third kappa shape index (κ3) is 0.765. The maximum atomic E-state index is 4.75. The molecule has 3 nitrogen and oxygen atoms in total. The number of hydrogen-bond donors (Lipinski definition) is 1. The van der Waals surface area contributed by atoms with Crippen molar-refractivity contribution in [1.82, 2.24) is 5.32 Å². The molecule has 0 fully saturated rings. The Morgan fingerprint density at radius 1 is 2.00 bits per heavy atom. The molecule has 1 N–H and O–H groups in total. The van der Waals surface area contributed by atoms with E-state index in [1.165, 1.54) is 0 Å². The second-order valence-electron chi connectivity index (χ2n) is 1.17. The van der Waals surface area contributed by atoms with Gasteiger partial charge >= 0.3 is 0 Å². The summed E-state index contributed by atoms with van der Waals surface area (Å²) in [5, 5.41) is 2.82. The highest BCUT2D eigenvalue weighted by molar-refractivity contribution is 4.86. The second kappa shape index (κ2) is 1.73. The molecule has 3 heteroatoms. The Labute approximate surface area is 41.9 Å². The van der Waals surface area contributed by atoms with E-state index in [-0.39, 0.29) is 0 Å². The van der Waals surface area contributed by atoms with Crippen molar-refractivity contribution in [3.63, 3.8) is 0 Å². The SMILES string of the molecule is COC1=COCN1.